The van der Waals surface area contributed by atoms with Gasteiger partial charge in [-0.1, -0.05) is 59.6 Å². The van der Waals surface area contributed by atoms with E-state index in [2.05, 4.69) is 34.6 Å². The van der Waals surface area contributed by atoms with Gasteiger partial charge in [-0.2, -0.15) is 0 Å². The Kier molecular flexibility index (Phi) is 12.4. The zero-order chi connectivity index (χ0) is 29.8. The molecule has 1 fully saturated rings. The van der Waals surface area contributed by atoms with Gasteiger partial charge >= 0.3 is 0 Å². The topological polar surface area (TPSA) is 54.0 Å². The minimum atomic E-state index is 0.0554. The minimum Gasteiger partial charge on any atom is -0.490 e. The van der Waals surface area contributed by atoms with Crippen LogP contribution in [0, 0.1) is 11.3 Å². The van der Waals surface area contributed by atoms with E-state index in [0.717, 1.165) is 72.3 Å². The number of Topliss-reactive ketones (excluding diaryl/α,β-unsaturated/α-hetero) is 1. The highest BCUT2D eigenvalue weighted by Crippen LogP contribution is 2.42. The van der Waals surface area contributed by atoms with Gasteiger partial charge in [-0.3, -0.25) is 4.79 Å². The van der Waals surface area contributed by atoms with Gasteiger partial charge in [0, 0.05) is 11.1 Å². The van der Waals surface area contributed by atoms with Gasteiger partial charge in [0.1, 0.15) is 0 Å². The lowest BCUT2D eigenvalue weighted by atomic mass is 9.68. The molecule has 2 aromatic carbocycles. The van der Waals surface area contributed by atoms with Crippen molar-refractivity contribution in [2.75, 3.05) is 26.4 Å². The van der Waals surface area contributed by atoms with Crippen LogP contribution in [0.15, 0.2) is 47.5 Å². The van der Waals surface area contributed by atoms with Crippen LogP contribution in [0.3, 0.4) is 0 Å². The lowest BCUT2D eigenvalue weighted by Gasteiger charge is -2.35. The third-order valence-electron chi connectivity index (χ3n) is 7.47. The second-order valence-electron chi connectivity index (χ2n) is 11.8. The fourth-order valence-corrected chi connectivity index (χ4v) is 4.92. The first-order chi connectivity index (χ1) is 19.7. The summed E-state index contributed by atoms with van der Waals surface area (Å²) in [5.74, 6) is 3.37. The number of allylic oxidation sites excluding steroid dienone is 2. The zero-order valence-corrected chi connectivity index (χ0v) is 26.3. The van der Waals surface area contributed by atoms with Crippen molar-refractivity contribution in [1.29, 1.82) is 0 Å². The Hall–Kier alpha value is -3.21. The van der Waals surface area contributed by atoms with E-state index in [1.54, 1.807) is 0 Å². The van der Waals surface area contributed by atoms with Crippen molar-refractivity contribution in [2.45, 2.75) is 87.0 Å². The molecule has 2 aromatic rings. The van der Waals surface area contributed by atoms with Crippen molar-refractivity contribution in [2.24, 2.45) is 11.3 Å². The highest BCUT2D eigenvalue weighted by molar-refractivity contribution is 6.14. The summed E-state index contributed by atoms with van der Waals surface area (Å²) in [5, 5.41) is 0. The van der Waals surface area contributed by atoms with Gasteiger partial charge in [-0.05, 0) is 98.4 Å². The molecule has 0 bridgehead atoms. The van der Waals surface area contributed by atoms with Crippen molar-refractivity contribution < 1.29 is 23.7 Å². The molecule has 0 spiro atoms. The second kappa shape index (κ2) is 15.7. The van der Waals surface area contributed by atoms with Gasteiger partial charge in [0.2, 0.25) is 0 Å². The third-order valence-corrected chi connectivity index (χ3v) is 7.47. The molecule has 0 radical (unpaired) electrons. The molecule has 0 saturated heterocycles. The van der Waals surface area contributed by atoms with Gasteiger partial charge in [0.25, 0.3) is 0 Å². The van der Waals surface area contributed by atoms with Crippen molar-refractivity contribution in [3.8, 4) is 23.0 Å². The van der Waals surface area contributed by atoms with Gasteiger partial charge in [-0.15, -0.1) is 0 Å². The smallest absolute Gasteiger partial charge is 0.185 e. The highest BCUT2D eigenvalue weighted by Gasteiger charge is 2.34. The molecule has 41 heavy (non-hydrogen) atoms. The molecule has 5 heteroatoms. The van der Waals surface area contributed by atoms with Crippen LogP contribution in [0.1, 0.15) is 98.1 Å². The summed E-state index contributed by atoms with van der Waals surface area (Å²) in [6.07, 6.45) is 9.69. The number of hydrogen-bond donors (Lipinski definition) is 0. The van der Waals surface area contributed by atoms with Gasteiger partial charge < -0.3 is 18.9 Å². The first-order valence-corrected chi connectivity index (χ1v) is 15.4. The summed E-state index contributed by atoms with van der Waals surface area (Å²) >= 11 is 0. The van der Waals surface area contributed by atoms with E-state index in [1.165, 1.54) is 0 Å². The summed E-state index contributed by atoms with van der Waals surface area (Å²) in [6.45, 7) is 17.4. The molecule has 0 amide bonds. The van der Waals surface area contributed by atoms with Crippen molar-refractivity contribution in [1.82, 2.24) is 0 Å². The Morgan fingerprint density at radius 2 is 1.12 bits per heavy atom. The highest BCUT2D eigenvalue weighted by atomic mass is 16.5. The number of rotatable bonds is 14. The summed E-state index contributed by atoms with van der Waals surface area (Å²) in [7, 11) is 0. The molecule has 0 aromatic heterocycles. The number of ketones is 1. The first-order valence-electron chi connectivity index (χ1n) is 15.4. The monoisotopic (exact) mass is 562 g/mol. The molecule has 224 valence electrons. The molecular formula is C36H50O5. The van der Waals surface area contributed by atoms with Crippen LogP contribution in [0.25, 0.3) is 12.2 Å². The van der Waals surface area contributed by atoms with Crippen LogP contribution in [0.4, 0.5) is 0 Å². The van der Waals surface area contributed by atoms with E-state index in [0.29, 0.717) is 43.8 Å². The maximum Gasteiger partial charge on any atom is 0.185 e. The third kappa shape index (κ3) is 9.41. The molecule has 5 nitrogen and oxygen atoms in total. The maximum atomic E-state index is 13.9. The fraction of sp³-hybridized carbons (Fsp3) is 0.528. The van der Waals surface area contributed by atoms with Crippen LogP contribution in [0.5, 0.6) is 23.0 Å². The standard InChI is InChI=1S/C36H50O5/c1-8-12-18-40-31-16-14-26(22-33(31)38-10-3)20-28-24-30(36(5,6)7)25-29(35(28)37)21-27-15-17-32(41-19-13-9-2)34(23-27)39-11-4/h14-17,20-23,30H,8-13,18-19,24-25H2,1-7H3/b28-20-,29-21+. The van der Waals surface area contributed by atoms with Crippen LogP contribution < -0.4 is 18.9 Å². The summed E-state index contributed by atoms with van der Waals surface area (Å²) in [5.41, 5.74) is 3.60. The number of carbonyl (C=O) groups is 1. The molecule has 1 atom stereocenters. The lowest BCUT2D eigenvalue weighted by Crippen LogP contribution is -2.29. The molecule has 0 N–H and O–H groups in total. The van der Waals surface area contributed by atoms with Gasteiger partial charge in [0.15, 0.2) is 28.8 Å². The first kappa shape index (κ1) is 32.3. The molecule has 3 rings (SSSR count). The number of benzene rings is 2. The van der Waals surface area contributed by atoms with E-state index in [9.17, 15) is 4.79 Å². The SMILES string of the molecule is CCCCOc1ccc(/C=C2/CC(C(C)(C)C)C/C(=C\c3ccc(OCCCC)c(OCC)c3)C2=O)cc1OCC. The Bertz CT molecular complexity index is 1120. The molecule has 0 heterocycles. The quantitative estimate of drug-likeness (QED) is 0.170. The molecule has 1 saturated carbocycles. The van der Waals surface area contributed by atoms with E-state index in [-0.39, 0.29) is 11.2 Å². The number of ether oxygens (including phenoxy) is 4. The molecular weight excluding hydrogens is 512 g/mol. The number of carbonyl (C=O) groups excluding carboxylic acids is 1. The Morgan fingerprint density at radius 3 is 1.49 bits per heavy atom. The average Bonchev–Trinajstić information content (AvgIpc) is 2.93. The Balaban J connectivity index is 1.96. The van der Waals surface area contributed by atoms with Gasteiger partial charge in [0.05, 0.1) is 26.4 Å². The zero-order valence-electron chi connectivity index (χ0n) is 26.3. The van der Waals surface area contributed by atoms with E-state index in [1.807, 2.05) is 62.4 Å². The van der Waals surface area contributed by atoms with Gasteiger partial charge in [-0.25, -0.2) is 0 Å². The summed E-state index contributed by atoms with van der Waals surface area (Å²) < 4.78 is 23.7. The van der Waals surface area contributed by atoms with Crippen molar-refractivity contribution in [3.63, 3.8) is 0 Å². The predicted octanol–water partition coefficient (Wildman–Crippen LogP) is 9.33. The van der Waals surface area contributed by atoms with Crippen LogP contribution in [-0.4, -0.2) is 32.2 Å². The molecule has 1 aliphatic carbocycles. The summed E-state index contributed by atoms with van der Waals surface area (Å²) in [4.78, 5) is 13.9. The molecule has 1 aliphatic rings. The normalized spacial score (nSPS) is 17.6. The summed E-state index contributed by atoms with van der Waals surface area (Å²) in [6, 6.07) is 11.9. The number of unbranched alkanes of at least 4 members (excludes halogenated alkanes) is 2. The van der Waals surface area contributed by atoms with E-state index in [4.69, 9.17) is 18.9 Å². The number of hydrogen-bond acceptors (Lipinski definition) is 5. The largest absolute Gasteiger partial charge is 0.490 e. The van der Waals surface area contributed by atoms with E-state index < -0.39 is 0 Å². The average molecular weight is 563 g/mol. The second-order valence-corrected chi connectivity index (χ2v) is 11.8. The fourth-order valence-electron chi connectivity index (χ4n) is 4.92. The molecule has 1 unspecified atom stereocenters. The van der Waals surface area contributed by atoms with Crippen LogP contribution in [-0.2, 0) is 4.79 Å². The van der Waals surface area contributed by atoms with Crippen molar-refractivity contribution in [3.05, 3.63) is 58.7 Å². The van der Waals surface area contributed by atoms with Crippen molar-refractivity contribution >= 4 is 17.9 Å². The Labute approximate surface area is 247 Å². The predicted molar refractivity (Wildman–Crippen MR) is 169 cm³/mol. The minimum absolute atomic E-state index is 0.0554. The lowest BCUT2D eigenvalue weighted by molar-refractivity contribution is -0.113. The van der Waals surface area contributed by atoms with E-state index >= 15 is 0 Å². The Morgan fingerprint density at radius 1 is 0.683 bits per heavy atom. The van der Waals surface area contributed by atoms with Crippen LogP contribution >= 0.6 is 0 Å². The molecule has 0 aliphatic heterocycles. The van der Waals surface area contributed by atoms with Crippen LogP contribution in [0.2, 0.25) is 0 Å². The maximum absolute atomic E-state index is 13.9.